The SMILES string of the molecule is CC(C)=CCC[C@](C)(O[C@@H]1O[C@H](CO[C@@H]2OC[C@@H](O)[C@H](O)[C@H]2O)[C@@H](O)[C@H](O)[C@H]1O)[C@H]1CC[C@]2(C)[C@@H]1[C@H](O)C[C@@H]1[C@@]3(C)CC[C@H](O[C@@H]4O[C@H](CO)[C@@H](O)[C@H](O)[C@H]4O[C@@H]4O[C@H](COC(=O)CC(=O)O)[C@@H](O)[C@H](O)[C@H]4O)C(C)(C)[C@@H]3CC[C@]12C. The van der Waals surface area contributed by atoms with Crippen LogP contribution in [0.4, 0.5) is 0 Å². The zero-order valence-electron chi connectivity index (χ0n) is 47.7. The lowest BCUT2D eigenvalue weighted by molar-refractivity contribution is -0.378. The number of rotatable bonds is 18. The van der Waals surface area contributed by atoms with E-state index in [1.165, 1.54) is 0 Å². The minimum atomic E-state index is -1.95. The highest BCUT2D eigenvalue weighted by Crippen LogP contribution is 2.76. The normalized spacial score (nSPS) is 49.6. The van der Waals surface area contributed by atoms with Gasteiger partial charge in [0.05, 0.1) is 37.6 Å². The third-order valence-electron chi connectivity index (χ3n) is 21.0. The van der Waals surface area contributed by atoms with Crippen molar-refractivity contribution in [1.82, 2.24) is 0 Å². The van der Waals surface area contributed by atoms with Gasteiger partial charge in [0.25, 0.3) is 0 Å². The number of esters is 1. The second-order valence-electron chi connectivity index (χ2n) is 26.4. The summed E-state index contributed by atoms with van der Waals surface area (Å²) in [7, 11) is 0. The van der Waals surface area contributed by atoms with E-state index in [4.69, 9.17) is 47.7 Å². The van der Waals surface area contributed by atoms with E-state index < -0.39 is 184 Å². The second-order valence-corrected chi connectivity index (χ2v) is 26.4. The molecule has 4 heterocycles. The van der Waals surface area contributed by atoms with Gasteiger partial charge in [0, 0.05) is 0 Å². The highest BCUT2D eigenvalue weighted by molar-refractivity contribution is 5.90. The molecule has 8 rings (SSSR count). The first-order valence-electron chi connectivity index (χ1n) is 28.8. The summed E-state index contributed by atoms with van der Waals surface area (Å²) in [5, 5.41) is 152. The number of aliphatic carboxylic acids is 1. The summed E-state index contributed by atoms with van der Waals surface area (Å²) in [6.07, 6.45) is -25.5. The van der Waals surface area contributed by atoms with E-state index >= 15 is 0 Å². The van der Waals surface area contributed by atoms with Crippen LogP contribution >= 0.6 is 0 Å². The lowest BCUT2D eigenvalue weighted by Crippen LogP contribution is -2.68. The Morgan fingerprint density at radius 2 is 1.22 bits per heavy atom. The molecule has 466 valence electrons. The lowest BCUT2D eigenvalue weighted by atomic mass is 9.35. The molecule has 25 nitrogen and oxygen atoms in total. The number of allylic oxidation sites excluding steroid dienone is 2. The summed E-state index contributed by atoms with van der Waals surface area (Å²) in [6, 6.07) is 0. The standard InChI is InChI=1S/C56H92O25/c1-24(2)10-9-14-56(8,81-50-46(72)42(68)40(66)30(78-50)23-75-48-44(70)37(63)27(59)21-74-48)25-11-16-55(7)36(25)26(58)18-32-53(5)15-13-33(52(3,4)31(53)12-17-54(32,55)6)79-51-47(43(69)38(64)28(20-57)76-51)80-49-45(71)41(67)39(65)29(77-49)22-73-35(62)19-34(60)61/h10,25-33,36-51,57-59,63-72H,9,11-23H2,1-8H3,(H,60,61)/t25-,26+,27+,28+,29+,30+,31-,32+,33-,36-,37-,38+,39+,40+,41-,42-,43-,44+,45+,46+,47+,48-,49-,50-,51-,53-,54+,55+,56-/m0/s1. The maximum atomic E-state index is 12.9. The van der Waals surface area contributed by atoms with Crippen LogP contribution in [0, 0.1) is 45.3 Å². The van der Waals surface area contributed by atoms with Crippen LogP contribution in [-0.2, 0) is 52.2 Å². The van der Waals surface area contributed by atoms with Crippen molar-refractivity contribution in [3.63, 3.8) is 0 Å². The van der Waals surface area contributed by atoms with Crippen LogP contribution in [0.15, 0.2) is 11.6 Å². The first kappa shape index (κ1) is 64.8. The smallest absolute Gasteiger partial charge is 0.317 e. The van der Waals surface area contributed by atoms with Gasteiger partial charge in [-0.05, 0) is 124 Å². The number of fused-ring (bicyclic) bond motifs is 5. The minimum absolute atomic E-state index is 0.00544. The van der Waals surface area contributed by atoms with Gasteiger partial charge in [-0.3, -0.25) is 9.59 Å². The zero-order valence-corrected chi connectivity index (χ0v) is 47.7. The third-order valence-corrected chi connectivity index (χ3v) is 21.0. The van der Waals surface area contributed by atoms with Crippen molar-refractivity contribution >= 4 is 11.9 Å². The Labute approximate surface area is 472 Å². The molecule has 0 radical (unpaired) electrons. The Hall–Kier alpha value is -2.16. The largest absolute Gasteiger partial charge is 0.481 e. The molecule has 0 unspecified atom stereocenters. The fourth-order valence-electron chi connectivity index (χ4n) is 16.3. The third kappa shape index (κ3) is 12.2. The van der Waals surface area contributed by atoms with Gasteiger partial charge in [0.1, 0.15) is 105 Å². The number of carboxylic acids is 1. The van der Waals surface area contributed by atoms with Crippen LogP contribution in [-0.4, -0.2) is 244 Å². The molecule has 0 bridgehead atoms. The summed E-state index contributed by atoms with van der Waals surface area (Å²) >= 11 is 0. The molecule has 0 aromatic carbocycles. The number of hydrogen-bond donors (Lipinski definition) is 14. The van der Waals surface area contributed by atoms with Crippen LogP contribution in [0.25, 0.3) is 0 Å². The molecular weight excluding hydrogens is 1070 g/mol. The number of ether oxygens (including phenoxy) is 9. The van der Waals surface area contributed by atoms with Crippen molar-refractivity contribution < 1.29 is 124 Å². The molecule has 4 saturated heterocycles. The topological polar surface area (TPSA) is 400 Å². The van der Waals surface area contributed by atoms with Crippen LogP contribution in [0.2, 0.25) is 0 Å². The summed E-state index contributed by atoms with van der Waals surface area (Å²) < 4.78 is 53.9. The van der Waals surface area contributed by atoms with Gasteiger partial charge in [0.2, 0.25) is 0 Å². The zero-order chi connectivity index (χ0) is 59.6. The van der Waals surface area contributed by atoms with Crippen LogP contribution in [0.3, 0.4) is 0 Å². The molecule has 25 heteroatoms. The van der Waals surface area contributed by atoms with E-state index in [9.17, 15) is 76.0 Å². The summed E-state index contributed by atoms with van der Waals surface area (Å²) in [4.78, 5) is 23.0. The van der Waals surface area contributed by atoms with Crippen molar-refractivity contribution in [2.24, 2.45) is 45.3 Å². The summed E-state index contributed by atoms with van der Waals surface area (Å²) in [5.74, 6) is -3.18. The monoisotopic (exact) mass is 1160 g/mol. The lowest BCUT2D eigenvalue weighted by Gasteiger charge is -2.71. The summed E-state index contributed by atoms with van der Waals surface area (Å²) in [5.41, 5.74) is -1.72. The highest BCUT2D eigenvalue weighted by atomic mass is 16.8. The van der Waals surface area contributed by atoms with Gasteiger partial charge in [-0.15, -0.1) is 0 Å². The van der Waals surface area contributed by atoms with Gasteiger partial charge in [-0.2, -0.15) is 0 Å². The number of carbonyl (C=O) groups is 2. The number of hydrogen-bond acceptors (Lipinski definition) is 24. The maximum absolute atomic E-state index is 12.9. The Kier molecular flexibility index (Phi) is 19.9. The van der Waals surface area contributed by atoms with E-state index in [0.717, 1.165) is 24.8 Å². The number of carbonyl (C=O) groups excluding carboxylic acids is 1. The highest BCUT2D eigenvalue weighted by Gasteiger charge is 2.72. The average Bonchev–Trinajstić information content (AvgIpc) is 2.94. The van der Waals surface area contributed by atoms with Crippen LogP contribution in [0.5, 0.6) is 0 Å². The van der Waals surface area contributed by atoms with E-state index in [1.54, 1.807) is 0 Å². The maximum Gasteiger partial charge on any atom is 0.317 e. The fraction of sp³-hybridized carbons (Fsp3) is 0.929. The summed E-state index contributed by atoms with van der Waals surface area (Å²) in [6.45, 7) is 14.8. The molecule has 4 saturated carbocycles. The van der Waals surface area contributed by atoms with E-state index in [2.05, 4.69) is 40.7 Å². The van der Waals surface area contributed by atoms with Gasteiger partial charge >= 0.3 is 11.9 Å². The first-order valence-corrected chi connectivity index (χ1v) is 28.8. The fourth-order valence-corrected chi connectivity index (χ4v) is 16.3. The van der Waals surface area contributed by atoms with Crippen molar-refractivity contribution in [2.45, 2.75) is 254 Å². The molecule has 14 N–H and O–H groups in total. The van der Waals surface area contributed by atoms with E-state index in [0.29, 0.717) is 38.5 Å². The quantitative estimate of drug-likeness (QED) is 0.0320. The number of carboxylic acid groups (broad SMARTS) is 1. The molecule has 81 heavy (non-hydrogen) atoms. The van der Waals surface area contributed by atoms with Gasteiger partial charge < -0.3 is 114 Å². The Bertz CT molecular complexity index is 2180. The van der Waals surface area contributed by atoms with Gasteiger partial charge in [-0.25, -0.2) is 0 Å². The van der Waals surface area contributed by atoms with Crippen molar-refractivity contribution in [3.05, 3.63) is 11.6 Å². The second kappa shape index (κ2) is 24.9. The Morgan fingerprint density at radius 1 is 0.630 bits per heavy atom. The molecule has 0 aromatic rings. The average molecular weight is 1170 g/mol. The van der Waals surface area contributed by atoms with Crippen molar-refractivity contribution in [2.75, 3.05) is 26.4 Å². The van der Waals surface area contributed by atoms with E-state index in [-0.39, 0.29) is 41.1 Å². The first-order chi connectivity index (χ1) is 37.8. The van der Waals surface area contributed by atoms with Gasteiger partial charge in [0.15, 0.2) is 25.2 Å². The van der Waals surface area contributed by atoms with E-state index in [1.807, 2.05) is 20.8 Å². The molecule has 29 atom stereocenters. The van der Waals surface area contributed by atoms with Crippen LogP contribution in [0.1, 0.15) is 120 Å². The molecule has 8 aliphatic rings. The van der Waals surface area contributed by atoms with Gasteiger partial charge in [-0.1, -0.05) is 46.3 Å². The predicted octanol–water partition coefficient (Wildman–Crippen LogP) is -1.54. The molecule has 4 aliphatic carbocycles. The molecule has 0 amide bonds. The van der Waals surface area contributed by atoms with Crippen molar-refractivity contribution in [3.8, 4) is 0 Å². The minimum Gasteiger partial charge on any atom is -0.481 e. The number of aliphatic hydroxyl groups is 13. The Balaban J connectivity index is 0.997. The Morgan fingerprint density at radius 3 is 1.86 bits per heavy atom. The molecule has 4 aliphatic heterocycles. The predicted molar refractivity (Wildman–Crippen MR) is 276 cm³/mol. The number of aliphatic hydroxyl groups excluding tert-OH is 13. The van der Waals surface area contributed by atoms with Crippen molar-refractivity contribution in [1.29, 1.82) is 0 Å². The molecule has 0 aromatic heterocycles. The molecule has 8 fully saturated rings. The molecular formula is C56H92O25. The molecule has 0 spiro atoms. The van der Waals surface area contributed by atoms with Crippen LogP contribution < -0.4 is 0 Å².